The standard InChI is InChI=1S/C22H27N3O/c26-22(23-16-17-6-2-1-3-7-17)18-8-4-9-19(14-18)24-20-11-13-25-12-5-10-21(25)15-20/h1-4,6-9,14,20-21,24H,5,10-13,15-16H2,(H,23,26)/t20-,21-/m1/s1. The molecule has 2 N–H and O–H groups in total. The summed E-state index contributed by atoms with van der Waals surface area (Å²) >= 11 is 0. The van der Waals surface area contributed by atoms with E-state index in [4.69, 9.17) is 0 Å². The van der Waals surface area contributed by atoms with Gasteiger partial charge in [-0.1, -0.05) is 36.4 Å². The van der Waals surface area contributed by atoms with Crippen LogP contribution in [0, 0.1) is 0 Å². The molecule has 2 aromatic carbocycles. The summed E-state index contributed by atoms with van der Waals surface area (Å²) in [7, 11) is 0. The Labute approximate surface area is 155 Å². The van der Waals surface area contributed by atoms with Crippen LogP contribution in [-0.4, -0.2) is 36.0 Å². The fraction of sp³-hybridized carbons (Fsp3) is 0.409. The number of hydrogen-bond acceptors (Lipinski definition) is 3. The van der Waals surface area contributed by atoms with Crippen molar-refractivity contribution in [3.63, 3.8) is 0 Å². The van der Waals surface area contributed by atoms with Crippen molar-refractivity contribution in [3.05, 3.63) is 65.7 Å². The minimum atomic E-state index is -0.0249. The van der Waals surface area contributed by atoms with Gasteiger partial charge in [0.15, 0.2) is 0 Å². The lowest BCUT2D eigenvalue weighted by atomic mass is 9.97. The van der Waals surface area contributed by atoms with E-state index >= 15 is 0 Å². The predicted octanol–water partition coefficient (Wildman–Crippen LogP) is 3.66. The van der Waals surface area contributed by atoms with Gasteiger partial charge in [0.1, 0.15) is 0 Å². The molecule has 2 fully saturated rings. The fourth-order valence-corrected chi connectivity index (χ4v) is 4.22. The van der Waals surface area contributed by atoms with Gasteiger partial charge in [-0.3, -0.25) is 4.79 Å². The summed E-state index contributed by atoms with van der Waals surface area (Å²) in [6.07, 6.45) is 5.07. The predicted molar refractivity (Wildman–Crippen MR) is 105 cm³/mol. The third-order valence-corrected chi connectivity index (χ3v) is 5.61. The van der Waals surface area contributed by atoms with Gasteiger partial charge in [-0.25, -0.2) is 0 Å². The molecular weight excluding hydrogens is 322 g/mol. The van der Waals surface area contributed by atoms with Gasteiger partial charge < -0.3 is 15.5 Å². The zero-order valence-electron chi connectivity index (χ0n) is 15.2. The second kappa shape index (κ2) is 7.92. The molecule has 0 aromatic heterocycles. The molecule has 4 rings (SSSR count). The molecule has 0 saturated carbocycles. The molecule has 2 aliphatic rings. The lowest BCUT2D eigenvalue weighted by Gasteiger charge is -2.35. The highest BCUT2D eigenvalue weighted by atomic mass is 16.1. The van der Waals surface area contributed by atoms with Crippen molar-refractivity contribution < 1.29 is 4.79 Å². The van der Waals surface area contributed by atoms with Gasteiger partial charge in [-0.2, -0.15) is 0 Å². The Kier molecular flexibility index (Phi) is 5.21. The number of anilines is 1. The second-order valence-corrected chi connectivity index (χ2v) is 7.45. The molecule has 0 unspecified atom stereocenters. The summed E-state index contributed by atoms with van der Waals surface area (Å²) in [5, 5.41) is 6.66. The van der Waals surface area contributed by atoms with Gasteiger partial charge in [0.05, 0.1) is 0 Å². The summed E-state index contributed by atoms with van der Waals surface area (Å²) in [5.41, 5.74) is 2.87. The van der Waals surface area contributed by atoms with Crippen molar-refractivity contribution in [2.45, 2.75) is 44.3 Å². The fourth-order valence-electron chi connectivity index (χ4n) is 4.22. The maximum absolute atomic E-state index is 12.5. The van der Waals surface area contributed by atoms with E-state index in [-0.39, 0.29) is 5.91 Å². The van der Waals surface area contributed by atoms with Crippen LogP contribution < -0.4 is 10.6 Å². The largest absolute Gasteiger partial charge is 0.382 e. The summed E-state index contributed by atoms with van der Waals surface area (Å²) in [5.74, 6) is -0.0249. The summed E-state index contributed by atoms with van der Waals surface area (Å²) in [6, 6.07) is 19.1. The molecule has 2 aliphatic heterocycles. The van der Waals surface area contributed by atoms with E-state index in [1.54, 1.807) is 0 Å². The normalized spacial score (nSPS) is 22.6. The zero-order valence-corrected chi connectivity index (χ0v) is 15.2. The van der Waals surface area contributed by atoms with E-state index < -0.39 is 0 Å². The molecule has 26 heavy (non-hydrogen) atoms. The number of nitrogens with one attached hydrogen (secondary N) is 2. The van der Waals surface area contributed by atoms with Crippen LogP contribution in [0.1, 0.15) is 41.6 Å². The number of benzene rings is 2. The van der Waals surface area contributed by atoms with E-state index in [0.29, 0.717) is 18.2 Å². The zero-order chi connectivity index (χ0) is 17.8. The lowest BCUT2D eigenvalue weighted by Crippen LogP contribution is -2.42. The Morgan fingerprint density at radius 2 is 1.92 bits per heavy atom. The molecule has 1 amide bonds. The Balaban J connectivity index is 1.34. The van der Waals surface area contributed by atoms with E-state index in [1.165, 1.54) is 38.8 Å². The number of nitrogens with zero attached hydrogens (tertiary/aromatic N) is 1. The first-order valence-corrected chi connectivity index (χ1v) is 9.71. The first kappa shape index (κ1) is 17.1. The van der Waals surface area contributed by atoms with E-state index in [0.717, 1.165) is 17.3 Å². The molecule has 0 aliphatic carbocycles. The number of hydrogen-bond donors (Lipinski definition) is 2. The smallest absolute Gasteiger partial charge is 0.251 e. The van der Waals surface area contributed by atoms with Crippen molar-refractivity contribution in [1.82, 2.24) is 10.2 Å². The number of amides is 1. The van der Waals surface area contributed by atoms with Gasteiger partial charge in [0, 0.05) is 36.4 Å². The Hall–Kier alpha value is -2.33. The van der Waals surface area contributed by atoms with Crippen LogP contribution in [0.4, 0.5) is 5.69 Å². The highest BCUT2D eigenvalue weighted by molar-refractivity contribution is 5.95. The maximum Gasteiger partial charge on any atom is 0.251 e. The molecule has 4 nitrogen and oxygen atoms in total. The summed E-state index contributed by atoms with van der Waals surface area (Å²) in [6.45, 7) is 3.02. The maximum atomic E-state index is 12.5. The molecule has 4 heteroatoms. The monoisotopic (exact) mass is 349 g/mol. The number of rotatable bonds is 5. The van der Waals surface area contributed by atoms with Gasteiger partial charge in [-0.05, 0) is 56.0 Å². The van der Waals surface area contributed by atoms with Crippen molar-refractivity contribution in [2.75, 3.05) is 18.4 Å². The highest BCUT2D eigenvalue weighted by Gasteiger charge is 2.31. The van der Waals surface area contributed by atoms with Gasteiger partial charge in [0.2, 0.25) is 0 Å². The van der Waals surface area contributed by atoms with Crippen molar-refractivity contribution in [3.8, 4) is 0 Å². The summed E-state index contributed by atoms with van der Waals surface area (Å²) in [4.78, 5) is 15.1. The van der Waals surface area contributed by atoms with Crippen LogP contribution in [0.5, 0.6) is 0 Å². The molecular formula is C22H27N3O. The first-order valence-electron chi connectivity index (χ1n) is 9.71. The molecule has 0 spiro atoms. The average Bonchev–Trinajstić information content (AvgIpc) is 3.15. The molecule has 2 saturated heterocycles. The lowest BCUT2D eigenvalue weighted by molar-refractivity contribution is 0.0951. The van der Waals surface area contributed by atoms with Crippen LogP contribution in [0.15, 0.2) is 54.6 Å². The van der Waals surface area contributed by atoms with Crippen molar-refractivity contribution in [2.24, 2.45) is 0 Å². The molecule has 0 bridgehead atoms. The molecule has 2 aromatic rings. The highest BCUT2D eigenvalue weighted by Crippen LogP contribution is 2.28. The first-order chi connectivity index (χ1) is 12.8. The van der Waals surface area contributed by atoms with E-state index in [1.807, 2.05) is 48.5 Å². The third-order valence-electron chi connectivity index (χ3n) is 5.61. The number of fused-ring (bicyclic) bond motifs is 1. The Morgan fingerprint density at radius 1 is 1.04 bits per heavy atom. The molecule has 0 radical (unpaired) electrons. The number of piperidine rings is 1. The van der Waals surface area contributed by atoms with Crippen molar-refractivity contribution >= 4 is 11.6 Å². The number of carbonyl (C=O) groups is 1. The van der Waals surface area contributed by atoms with Crippen LogP contribution in [0.3, 0.4) is 0 Å². The molecule has 2 atom stereocenters. The average molecular weight is 349 g/mol. The van der Waals surface area contributed by atoms with Crippen LogP contribution in [0.2, 0.25) is 0 Å². The molecule has 2 heterocycles. The van der Waals surface area contributed by atoms with Crippen LogP contribution in [-0.2, 0) is 6.54 Å². The number of carbonyl (C=O) groups excluding carboxylic acids is 1. The second-order valence-electron chi connectivity index (χ2n) is 7.45. The quantitative estimate of drug-likeness (QED) is 0.866. The minimum Gasteiger partial charge on any atom is -0.382 e. The van der Waals surface area contributed by atoms with E-state index in [2.05, 4.69) is 21.6 Å². The van der Waals surface area contributed by atoms with Gasteiger partial charge >= 0.3 is 0 Å². The van der Waals surface area contributed by atoms with Crippen LogP contribution >= 0.6 is 0 Å². The Morgan fingerprint density at radius 3 is 2.81 bits per heavy atom. The van der Waals surface area contributed by atoms with Gasteiger partial charge in [-0.15, -0.1) is 0 Å². The topological polar surface area (TPSA) is 44.4 Å². The third kappa shape index (κ3) is 4.07. The minimum absolute atomic E-state index is 0.0249. The SMILES string of the molecule is O=C(NCc1ccccc1)c1cccc(N[C@@H]2CCN3CCC[C@@H]3C2)c1. The van der Waals surface area contributed by atoms with E-state index in [9.17, 15) is 4.79 Å². The van der Waals surface area contributed by atoms with Crippen molar-refractivity contribution in [1.29, 1.82) is 0 Å². The Bertz CT molecular complexity index is 746. The van der Waals surface area contributed by atoms with Gasteiger partial charge in [0.25, 0.3) is 5.91 Å². The summed E-state index contributed by atoms with van der Waals surface area (Å²) < 4.78 is 0. The van der Waals surface area contributed by atoms with Crippen LogP contribution in [0.25, 0.3) is 0 Å². The molecule has 136 valence electrons.